The summed E-state index contributed by atoms with van der Waals surface area (Å²) < 4.78 is 37.7. The van der Waals surface area contributed by atoms with Crippen molar-refractivity contribution < 1.29 is 42.2 Å². The summed E-state index contributed by atoms with van der Waals surface area (Å²) in [4.78, 5) is 54.0. The first-order valence-electron chi connectivity index (χ1n) is 18.0. The minimum atomic E-state index is -5.08. The highest BCUT2D eigenvalue weighted by Crippen LogP contribution is 2.48. The summed E-state index contributed by atoms with van der Waals surface area (Å²) in [6, 6.07) is 27.1. The van der Waals surface area contributed by atoms with Crippen LogP contribution in [0, 0.1) is 0 Å². The number of hydrogen-bond donors (Lipinski definition) is 3. The van der Waals surface area contributed by atoms with E-state index in [-0.39, 0.29) is 25.0 Å². The van der Waals surface area contributed by atoms with Gasteiger partial charge in [-0.15, -0.1) is 0 Å². The first-order chi connectivity index (χ1) is 25.5. The Morgan fingerprint density at radius 2 is 1.43 bits per heavy atom. The van der Waals surface area contributed by atoms with Gasteiger partial charge in [0.15, 0.2) is 0 Å². The molecule has 1 fully saturated rings. The fourth-order valence-corrected chi connectivity index (χ4v) is 6.83. The highest BCUT2D eigenvalue weighted by atomic mass is 19.4. The predicted octanol–water partition coefficient (Wildman–Crippen LogP) is 6.20. The van der Waals surface area contributed by atoms with Crippen LogP contribution < -0.4 is 11.1 Å². The molecule has 5 rings (SSSR count). The van der Waals surface area contributed by atoms with Gasteiger partial charge in [0.05, 0.1) is 29.9 Å². The second-order valence-electron chi connectivity index (χ2n) is 14.2. The number of nitrogens with two attached hydrogens (primary N) is 1. The number of nitrogens with zero attached hydrogens (tertiary/aromatic N) is 2. The van der Waals surface area contributed by atoms with Crippen LogP contribution >= 0.6 is 0 Å². The Kier molecular flexibility index (Phi) is 13.8. The van der Waals surface area contributed by atoms with E-state index in [4.69, 9.17) is 20.4 Å². The molecule has 1 aliphatic carbocycles. The van der Waals surface area contributed by atoms with E-state index >= 15 is 0 Å². The van der Waals surface area contributed by atoms with Crippen molar-refractivity contribution in [3.8, 4) is 11.1 Å². The summed E-state index contributed by atoms with van der Waals surface area (Å²) in [5, 5.41) is 9.99. The molecule has 1 aliphatic heterocycles. The van der Waals surface area contributed by atoms with Crippen LogP contribution in [0.4, 0.5) is 13.2 Å². The Morgan fingerprint density at radius 1 is 0.907 bits per heavy atom. The maximum atomic E-state index is 14.3. The third kappa shape index (κ3) is 10.1. The lowest BCUT2D eigenvalue weighted by molar-refractivity contribution is -0.192. The molecule has 2 aliphatic rings. The number of carboxylic acid groups (broad SMARTS) is 1. The number of ether oxygens (including phenoxy) is 1. The normalized spacial score (nSPS) is 16.1. The molecule has 3 aromatic rings. The molecule has 0 saturated heterocycles. The number of amides is 3. The zero-order valence-electron chi connectivity index (χ0n) is 31.1. The first kappa shape index (κ1) is 41.7. The maximum absolute atomic E-state index is 14.3. The third-order valence-corrected chi connectivity index (χ3v) is 9.86. The van der Waals surface area contributed by atoms with E-state index in [1.54, 1.807) is 18.7 Å². The standard InChI is InChI=1S/C39H48N4O4.C2HF3O2/c1-5-43(35(44)33(41-37(46)38(2,3)40)27-47-26-28-15-9-6-10-16-28)25-32-34(36(45)42(4)39(32)23-13-8-14-24-39)31-21-19-30(20-22-31)29-17-11-7-12-18-29;3-2(4,5)1(6)7/h6-7,9-12,15-22,33H,5,8,13-14,23-27,40H2,1-4H3,(H,41,46);(H,6,7)/t33-;/m1./s1. The number of carbonyl (C=O) groups is 4. The van der Waals surface area contributed by atoms with Gasteiger partial charge in [0.2, 0.25) is 11.8 Å². The average Bonchev–Trinajstić information content (AvgIpc) is 3.34. The second-order valence-corrected chi connectivity index (χ2v) is 14.2. The van der Waals surface area contributed by atoms with Gasteiger partial charge in [-0.05, 0) is 61.4 Å². The molecule has 13 heteroatoms. The molecular formula is C41H49F3N4O6. The summed E-state index contributed by atoms with van der Waals surface area (Å²) in [6.07, 6.45) is -0.235. The highest BCUT2D eigenvalue weighted by molar-refractivity contribution is 6.23. The fourth-order valence-electron chi connectivity index (χ4n) is 6.83. The molecule has 1 atom stereocenters. The topological polar surface area (TPSA) is 142 Å². The van der Waals surface area contributed by atoms with E-state index in [1.165, 1.54) is 0 Å². The average molecular weight is 751 g/mol. The summed E-state index contributed by atoms with van der Waals surface area (Å²) in [6.45, 7) is 6.11. The van der Waals surface area contributed by atoms with E-state index in [2.05, 4.69) is 29.6 Å². The number of aliphatic carboxylic acids is 1. The van der Waals surface area contributed by atoms with Gasteiger partial charge < -0.3 is 30.7 Å². The molecule has 3 amide bonds. The maximum Gasteiger partial charge on any atom is 0.490 e. The number of hydrogen-bond acceptors (Lipinski definition) is 6. The predicted molar refractivity (Wildman–Crippen MR) is 200 cm³/mol. The Bertz CT molecular complexity index is 1790. The van der Waals surface area contributed by atoms with Crippen molar-refractivity contribution in [2.45, 2.75) is 82.8 Å². The van der Waals surface area contributed by atoms with Gasteiger partial charge in [-0.1, -0.05) is 104 Å². The fraction of sp³-hybridized carbons (Fsp3) is 0.415. The van der Waals surface area contributed by atoms with Gasteiger partial charge in [-0.2, -0.15) is 13.2 Å². The molecule has 4 N–H and O–H groups in total. The molecule has 0 unspecified atom stereocenters. The largest absolute Gasteiger partial charge is 0.490 e. The SMILES string of the molecule is CCN(CC1=C(c2ccc(-c3ccccc3)cc2)C(=O)N(C)C12CCCCC2)C(=O)[C@@H](COCc1ccccc1)NC(=O)C(C)(C)N.O=C(O)C(F)(F)F. The Labute approximate surface area is 314 Å². The number of likely N-dealkylation sites (N-methyl/N-ethyl adjacent to an activating group) is 2. The second kappa shape index (κ2) is 17.9. The van der Waals surface area contributed by atoms with E-state index in [9.17, 15) is 27.6 Å². The number of alkyl halides is 3. The lowest BCUT2D eigenvalue weighted by Gasteiger charge is -2.43. The smallest absolute Gasteiger partial charge is 0.475 e. The highest BCUT2D eigenvalue weighted by Gasteiger charge is 2.50. The van der Waals surface area contributed by atoms with E-state index in [0.717, 1.165) is 59.9 Å². The summed E-state index contributed by atoms with van der Waals surface area (Å²) in [5.41, 5.74) is 10.1. The number of carbonyl (C=O) groups excluding carboxylic acids is 3. The number of halogens is 3. The lowest BCUT2D eigenvalue weighted by atomic mass is 9.75. The van der Waals surface area contributed by atoms with Crippen LogP contribution in [0.15, 0.2) is 90.5 Å². The van der Waals surface area contributed by atoms with E-state index in [1.807, 2.05) is 79.5 Å². The van der Waals surface area contributed by atoms with Crippen LogP contribution in [0.3, 0.4) is 0 Å². The van der Waals surface area contributed by atoms with Crippen molar-refractivity contribution in [1.82, 2.24) is 15.1 Å². The Morgan fingerprint density at radius 3 is 1.94 bits per heavy atom. The van der Waals surface area contributed by atoms with Crippen molar-refractivity contribution in [3.63, 3.8) is 0 Å². The zero-order valence-corrected chi connectivity index (χ0v) is 31.1. The molecule has 1 spiro atoms. The molecule has 0 aromatic heterocycles. The Balaban J connectivity index is 0.000000845. The molecule has 10 nitrogen and oxygen atoms in total. The zero-order chi connectivity index (χ0) is 39.7. The van der Waals surface area contributed by atoms with Crippen molar-refractivity contribution in [2.75, 3.05) is 26.7 Å². The quantitative estimate of drug-likeness (QED) is 0.200. The van der Waals surface area contributed by atoms with Crippen LogP contribution in [0.25, 0.3) is 16.7 Å². The van der Waals surface area contributed by atoms with Gasteiger partial charge in [0, 0.05) is 20.1 Å². The van der Waals surface area contributed by atoms with Crippen LogP contribution in [-0.2, 0) is 30.5 Å². The van der Waals surface area contributed by atoms with Crippen molar-refractivity contribution in [2.24, 2.45) is 5.73 Å². The molecule has 1 saturated carbocycles. The summed E-state index contributed by atoms with van der Waals surface area (Å²) in [7, 11) is 1.90. The lowest BCUT2D eigenvalue weighted by Crippen LogP contribution is -2.58. The third-order valence-electron chi connectivity index (χ3n) is 9.86. The molecule has 0 bridgehead atoms. The van der Waals surface area contributed by atoms with Crippen molar-refractivity contribution in [3.05, 3.63) is 102 Å². The summed E-state index contributed by atoms with van der Waals surface area (Å²) >= 11 is 0. The minimum Gasteiger partial charge on any atom is -0.475 e. The number of benzene rings is 3. The monoisotopic (exact) mass is 750 g/mol. The number of carboxylic acids is 1. The molecular weight excluding hydrogens is 701 g/mol. The van der Waals surface area contributed by atoms with Gasteiger partial charge in [-0.25, -0.2) is 4.79 Å². The Hall–Kier alpha value is -5.01. The number of nitrogens with one attached hydrogen (secondary N) is 1. The van der Waals surface area contributed by atoms with Gasteiger partial charge in [0.25, 0.3) is 5.91 Å². The molecule has 0 radical (unpaired) electrons. The summed E-state index contributed by atoms with van der Waals surface area (Å²) in [5.74, 6) is -3.48. The van der Waals surface area contributed by atoms with Crippen LogP contribution in [-0.4, -0.2) is 88.6 Å². The molecule has 290 valence electrons. The minimum absolute atomic E-state index is 0.0110. The molecule has 1 heterocycles. The van der Waals surface area contributed by atoms with Gasteiger partial charge in [-0.3, -0.25) is 14.4 Å². The van der Waals surface area contributed by atoms with Crippen LogP contribution in [0.5, 0.6) is 0 Å². The number of rotatable bonds is 12. The van der Waals surface area contributed by atoms with Crippen molar-refractivity contribution >= 4 is 29.3 Å². The van der Waals surface area contributed by atoms with Crippen LogP contribution in [0.1, 0.15) is 64.0 Å². The molecule has 54 heavy (non-hydrogen) atoms. The van der Waals surface area contributed by atoms with E-state index in [0.29, 0.717) is 18.7 Å². The van der Waals surface area contributed by atoms with Crippen LogP contribution in [0.2, 0.25) is 0 Å². The van der Waals surface area contributed by atoms with Gasteiger partial charge in [0.1, 0.15) is 6.04 Å². The van der Waals surface area contributed by atoms with E-state index < -0.39 is 35.2 Å². The first-order valence-corrected chi connectivity index (χ1v) is 18.0. The van der Waals surface area contributed by atoms with Gasteiger partial charge >= 0.3 is 12.1 Å². The van der Waals surface area contributed by atoms with Crippen molar-refractivity contribution in [1.29, 1.82) is 0 Å². The molecule has 3 aromatic carbocycles.